The highest BCUT2D eigenvalue weighted by molar-refractivity contribution is 7.14. The van der Waals surface area contributed by atoms with Crippen LogP contribution in [0.1, 0.15) is 31.4 Å². The zero-order chi connectivity index (χ0) is 14.7. The maximum atomic E-state index is 6.02. The molecule has 1 aliphatic rings. The van der Waals surface area contributed by atoms with Crippen LogP contribution in [0.3, 0.4) is 0 Å². The molecule has 3 heterocycles. The lowest BCUT2D eigenvalue weighted by molar-refractivity contribution is 0.386. The van der Waals surface area contributed by atoms with Crippen molar-refractivity contribution in [1.29, 1.82) is 0 Å². The van der Waals surface area contributed by atoms with Crippen molar-refractivity contribution in [3.05, 3.63) is 39.8 Å². The molecule has 21 heavy (non-hydrogen) atoms. The molecular weight excluding hydrogens is 304 g/mol. The lowest BCUT2D eigenvalue weighted by Gasteiger charge is -2.34. The normalized spacial score (nSPS) is 20.5. The number of piperidine rings is 1. The van der Waals surface area contributed by atoms with Crippen LogP contribution in [0.2, 0.25) is 4.34 Å². The first-order valence-electron chi connectivity index (χ1n) is 7.24. The molecule has 4 nitrogen and oxygen atoms in total. The molecule has 112 valence electrons. The number of hydrogen-bond donors (Lipinski definition) is 1. The minimum absolute atomic E-state index is 0.315. The number of halogens is 1. The Kier molecular flexibility index (Phi) is 4.73. The molecule has 2 aromatic heterocycles. The standard InChI is InChI=1S/C15H19ClN4S/c1-11(12-8-14(16)21-10-12)19-13-4-2-7-20(9-13)15-17-5-3-6-18-15/h3,5-6,8,10-11,13,19H,2,4,7,9H2,1H3. The molecule has 0 amide bonds. The van der Waals surface area contributed by atoms with Crippen molar-refractivity contribution in [3.63, 3.8) is 0 Å². The molecule has 0 spiro atoms. The molecule has 0 bridgehead atoms. The molecule has 6 heteroatoms. The summed E-state index contributed by atoms with van der Waals surface area (Å²) >= 11 is 7.60. The van der Waals surface area contributed by atoms with Crippen molar-refractivity contribution in [3.8, 4) is 0 Å². The zero-order valence-corrected chi connectivity index (χ0v) is 13.6. The molecule has 0 aliphatic carbocycles. The maximum Gasteiger partial charge on any atom is 0.225 e. The summed E-state index contributed by atoms with van der Waals surface area (Å²) in [7, 11) is 0. The van der Waals surface area contributed by atoms with E-state index in [1.54, 1.807) is 23.7 Å². The minimum atomic E-state index is 0.315. The molecule has 2 aromatic rings. The summed E-state index contributed by atoms with van der Waals surface area (Å²) in [6.45, 7) is 4.17. The summed E-state index contributed by atoms with van der Waals surface area (Å²) in [5.41, 5.74) is 1.26. The smallest absolute Gasteiger partial charge is 0.225 e. The molecule has 0 radical (unpaired) electrons. The number of anilines is 1. The Morgan fingerprint density at radius 3 is 2.95 bits per heavy atom. The first-order valence-corrected chi connectivity index (χ1v) is 8.50. The second-order valence-corrected chi connectivity index (χ2v) is 6.95. The number of nitrogens with one attached hydrogen (secondary N) is 1. The SMILES string of the molecule is CC(NC1CCCN(c2ncccn2)C1)c1csc(Cl)c1. The van der Waals surface area contributed by atoms with E-state index >= 15 is 0 Å². The third kappa shape index (κ3) is 3.73. The summed E-state index contributed by atoms with van der Waals surface area (Å²) in [5, 5.41) is 5.82. The van der Waals surface area contributed by atoms with E-state index in [1.165, 1.54) is 12.0 Å². The van der Waals surface area contributed by atoms with E-state index in [1.807, 2.05) is 12.1 Å². The first kappa shape index (κ1) is 14.8. The van der Waals surface area contributed by atoms with E-state index < -0.39 is 0 Å². The number of nitrogens with zero attached hydrogens (tertiary/aromatic N) is 3. The van der Waals surface area contributed by atoms with Gasteiger partial charge in [-0.1, -0.05) is 11.6 Å². The minimum Gasteiger partial charge on any atom is -0.339 e. The molecular formula is C15H19ClN4S. The summed E-state index contributed by atoms with van der Waals surface area (Å²) in [6.07, 6.45) is 5.95. The molecule has 0 aromatic carbocycles. The van der Waals surface area contributed by atoms with Crippen LogP contribution in [-0.2, 0) is 0 Å². The third-order valence-corrected chi connectivity index (χ3v) is 4.94. The second-order valence-electron chi connectivity index (χ2n) is 5.41. The van der Waals surface area contributed by atoms with Gasteiger partial charge in [0.1, 0.15) is 0 Å². The van der Waals surface area contributed by atoms with Gasteiger partial charge >= 0.3 is 0 Å². The van der Waals surface area contributed by atoms with E-state index in [4.69, 9.17) is 11.6 Å². The van der Waals surface area contributed by atoms with Gasteiger partial charge in [0, 0.05) is 37.6 Å². The van der Waals surface area contributed by atoms with Crippen molar-refractivity contribution in [1.82, 2.24) is 15.3 Å². The molecule has 1 fully saturated rings. The predicted molar refractivity (Wildman–Crippen MR) is 88.1 cm³/mol. The van der Waals surface area contributed by atoms with Crippen LogP contribution in [0.15, 0.2) is 29.9 Å². The van der Waals surface area contributed by atoms with Crippen molar-refractivity contribution in [2.24, 2.45) is 0 Å². The second kappa shape index (κ2) is 6.73. The van der Waals surface area contributed by atoms with E-state index in [-0.39, 0.29) is 0 Å². The fourth-order valence-corrected chi connectivity index (χ4v) is 3.73. The highest BCUT2D eigenvalue weighted by Gasteiger charge is 2.23. The van der Waals surface area contributed by atoms with Crippen LogP contribution in [0.5, 0.6) is 0 Å². The summed E-state index contributed by atoms with van der Waals surface area (Å²) in [6, 6.07) is 4.67. The molecule has 2 unspecified atom stereocenters. The van der Waals surface area contributed by atoms with Crippen LogP contribution in [-0.4, -0.2) is 29.1 Å². The van der Waals surface area contributed by atoms with E-state index in [0.29, 0.717) is 12.1 Å². The first-order chi connectivity index (χ1) is 10.2. The Hall–Kier alpha value is -1.17. The monoisotopic (exact) mass is 322 g/mol. The van der Waals surface area contributed by atoms with Crippen molar-refractivity contribution >= 4 is 28.9 Å². The predicted octanol–water partition coefficient (Wildman–Crippen LogP) is 3.51. The van der Waals surface area contributed by atoms with Crippen LogP contribution in [0.4, 0.5) is 5.95 Å². The summed E-state index contributed by atoms with van der Waals surface area (Å²) < 4.78 is 0.849. The van der Waals surface area contributed by atoms with E-state index in [9.17, 15) is 0 Å². The van der Waals surface area contributed by atoms with Gasteiger partial charge in [-0.05, 0) is 42.8 Å². The highest BCUT2D eigenvalue weighted by atomic mass is 35.5. The molecule has 0 saturated carbocycles. The van der Waals surface area contributed by atoms with E-state index in [2.05, 4.69) is 32.5 Å². The van der Waals surface area contributed by atoms with Crippen LogP contribution in [0, 0.1) is 0 Å². The Labute approximate surface area is 134 Å². The molecule has 1 N–H and O–H groups in total. The topological polar surface area (TPSA) is 41.0 Å². The van der Waals surface area contributed by atoms with Crippen molar-refractivity contribution < 1.29 is 0 Å². The van der Waals surface area contributed by atoms with Crippen molar-refractivity contribution in [2.45, 2.75) is 31.8 Å². The Bertz CT molecular complexity index is 574. The average molecular weight is 323 g/mol. The fourth-order valence-electron chi connectivity index (χ4n) is 2.75. The number of aromatic nitrogens is 2. The fraction of sp³-hybridized carbons (Fsp3) is 0.467. The third-order valence-electron chi connectivity index (χ3n) is 3.83. The lowest BCUT2D eigenvalue weighted by atomic mass is 10.0. The molecule has 2 atom stereocenters. The molecule has 3 rings (SSSR count). The van der Waals surface area contributed by atoms with Gasteiger partial charge in [-0.25, -0.2) is 9.97 Å². The van der Waals surface area contributed by atoms with Crippen LogP contribution in [0.25, 0.3) is 0 Å². The molecule has 1 saturated heterocycles. The lowest BCUT2D eigenvalue weighted by Crippen LogP contribution is -2.47. The Morgan fingerprint density at radius 1 is 1.43 bits per heavy atom. The van der Waals surface area contributed by atoms with Crippen LogP contribution >= 0.6 is 22.9 Å². The van der Waals surface area contributed by atoms with E-state index in [0.717, 1.165) is 29.8 Å². The number of hydrogen-bond acceptors (Lipinski definition) is 5. The summed E-state index contributed by atoms with van der Waals surface area (Å²) in [5.74, 6) is 0.829. The van der Waals surface area contributed by atoms with Gasteiger partial charge in [-0.3, -0.25) is 0 Å². The van der Waals surface area contributed by atoms with Gasteiger partial charge in [0.2, 0.25) is 5.95 Å². The Balaban J connectivity index is 1.61. The number of thiophene rings is 1. The summed E-state index contributed by atoms with van der Waals surface area (Å²) in [4.78, 5) is 11.0. The quantitative estimate of drug-likeness (QED) is 0.935. The number of rotatable bonds is 4. The van der Waals surface area contributed by atoms with Gasteiger partial charge in [-0.15, -0.1) is 11.3 Å². The highest BCUT2D eigenvalue weighted by Crippen LogP contribution is 2.26. The van der Waals surface area contributed by atoms with Gasteiger partial charge in [0.25, 0.3) is 0 Å². The average Bonchev–Trinajstić information content (AvgIpc) is 2.95. The van der Waals surface area contributed by atoms with Gasteiger partial charge in [0.15, 0.2) is 0 Å². The zero-order valence-electron chi connectivity index (χ0n) is 12.0. The maximum absolute atomic E-state index is 6.02. The van der Waals surface area contributed by atoms with Gasteiger partial charge in [-0.2, -0.15) is 0 Å². The van der Waals surface area contributed by atoms with Crippen LogP contribution < -0.4 is 10.2 Å². The van der Waals surface area contributed by atoms with Gasteiger partial charge < -0.3 is 10.2 Å². The largest absolute Gasteiger partial charge is 0.339 e. The Morgan fingerprint density at radius 2 is 2.24 bits per heavy atom. The molecule has 1 aliphatic heterocycles. The van der Waals surface area contributed by atoms with Gasteiger partial charge in [0.05, 0.1) is 4.34 Å². The van der Waals surface area contributed by atoms with Crippen molar-refractivity contribution in [2.75, 3.05) is 18.0 Å².